The molecule has 0 aliphatic carbocycles. The highest BCUT2D eigenvalue weighted by Crippen LogP contribution is 2.17. The number of hydrogen-bond acceptors (Lipinski definition) is 6. The van der Waals surface area contributed by atoms with E-state index in [9.17, 15) is 14.4 Å². The van der Waals surface area contributed by atoms with Gasteiger partial charge in [0.1, 0.15) is 13.2 Å². The molecule has 6 heteroatoms. The molecule has 420 valence electrons. The van der Waals surface area contributed by atoms with Crippen LogP contribution in [-0.2, 0) is 28.6 Å². The van der Waals surface area contributed by atoms with Crippen molar-refractivity contribution in [2.45, 2.75) is 309 Å². The van der Waals surface area contributed by atoms with Gasteiger partial charge in [0.05, 0.1) is 0 Å². The topological polar surface area (TPSA) is 78.9 Å². The molecule has 1 unspecified atom stereocenters. The molecule has 73 heavy (non-hydrogen) atoms. The molecule has 0 radical (unpaired) electrons. The monoisotopic (exact) mass is 1020 g/mol. The van der Waals surface area contributed by atoms with Gasteiger partial charge in [-0.2, -0.15) is 0 Å². The first-order chi connectivity index (χ1) is 36.0. The molecule has 0 aromatic rings. The lowest BCUT2D eigenvalue weighted by atomic mass is 10.0. The van der Waals surface area contributed by atoms with Crippen LogP contribution in [0.3, 0.4) is 0 Å². The predicted octanol–water partition coefficient (Wildman–Crippen LogP) is 21.1. The molecule has 0 fully saturated rings. The van der Waals surface area contributed by atoms with Crippen molar-refractivity contribution >= 4 is 17.9 Å². The minimum absolute atomic E-state index is 0.0882. The molecule has 0 aromatic carbocycles. The Bertz CT molecular complexity index is 1400. The minimum Gasteiger partial charge on any atom is -0.462 e. The van der Waals surface area contributed by atoms with Crippen molar-refractivity contribution in [3.05, 3.63) is 85.1 Å². The van der Waals surface area contributed by atoms with E-state index in [2.05, 4.69) is 106 Å². The van der Waals surface area contributed by atoms with Crippen LogP contribution < -0.4 is 0 Å². The second-order valence-corrected chi connectivity index (χ2v) is 20.6. The first kappa shape index (κ1) is 69.6. The summed E-state index contributed by atoms with van der Waals surface area (Å²) < 4.78 is 16.9. The quantitative estimate of drug-likeness (QED) is 0.0261. The Hall–Kier alpha value is -3.41. The van der Waals surface area contributed by atoms with Crippen LogP contribution in [0.25, 0.3) is 0 Å². The molecule has 0 bridgehead atoms. The second kappa shape index (κ2) is 61.1. The lowest BCUT2D eigenvalue weighted by Gasteiger charge is -2.18. The highest BCUT2D eigenvalue weighted by Gasteiger charge is 2.19. The minimum atomic E-state index is -0.790. The molecule has 0 aliphatic rings. The number of carbonyl (C=O) groups excluding carboxylic acids is 3. The summed E-state index contributed by atoms with van der Waals surface area (Å²) in [4.78, 5) is 38.3. The molecule has 6 nitrogen and oxygen atoms in total. The first-order valence-corrected chi connectivity index (χ1v) is 31.1. The van der Waals surface area contributed by atoms with Crippen molar-refractivity contribution in [1.29, 1.82) is 0 Å². The Morgan fingerprint density at radius 2 is 0.548 bits per heavy atom. The van der Waals surface area contributed by atoms with Gasteiger partial charge >= 0.3 is 17.9 Å². The van der Waals surface area contributed by atoms with Crippen molar-refractivity contribution in [2.24, 2.45) is 0 Å². The molecule has 0 amide bonds. The van der Waals surface area contributed by atoms with Crippen LogP contribution in [-0.4, -0.2) is 37.2 Å². The van der Waals surface area contributed by atoms with Crippen LogP contribution in [0, 0.1) is 0 Å². The Morgan fingerprint density at radius 1 is 0.288 bits per heavy atom. The Morgan fingerprint density at radius 3 is 0.877 bits per heavy atom. The van der Waals surface area contributed by atoms with Gasteiger partial charge in [-0.15, -0.1) is 0 Å². The average molecular weight is 1020 g/mol. The fourth-order valence-electron chi connectivity index (χ4n) is 8.72. The van der Waals surface area contributed by atoms with Gasteiger partial charge in [0.2, 0.25) is 0 Å². The summed E-state index contributed by atoms with van der Waals surface area (Å²) >= 11 is 0. The van der Waals surface area contributed by atoms with E-state index in [1.807, 2.05) is 0 Å². The van der Waals surface area contributed by atoms with Crippen LogP contribution >= 0.6 is 0 Å². The van der Waals surface area contributed by atoms with Crippen molar-refractivity contribution in [1.82, 2.24) is 0 Å². The maximum absolute atomic E-state index is 12.9. The first-order valence-electron chi connectivity index (χ1n) is 31.1. The zero-order chi connectivity index (χ0) is 52.9. The van der Waals surface area contributed by atoms with Gasteiger partial charge in [-0.05, 0) is 89.9 Å². The molecule has 0 saturated carbocycles. The summed E-state index contributed by atoms with van der Waals surface area (Å²) in [6.45, 7) is 6.49. The maximum Gasteiger partial charge on any atom is 0.306 e. The molecule has 0 saturated heterocycles. The molecule has 0 aliphatic heterocycles. The van der Waals surface area contributed by atoms with Gasteiger partial charge in [0.25, 0.3) is 0 Å². The van der Waals surface area contributed by atoms with E-state index in [1.165, 1.54) is 128 Å². The van der Waals surface area contributed by atoms with E-state index < -0.39 is 6.10 Å². The number of rotatable bonds is 56. The smallest absolute Gasteiger partial charge is 0.306 e. The second-order valence-electron chi connectivity index (χ2n) is 20.6. The molecule has 0 rings (SSSR count). The molecule has 0 aromatic heterocycles. The highest BCUT2D eigenvalue weighted by molar-refractivity contribution is 5.71. The lowest BCUT2D eigenvalue weighted by Crippen LogP contribution is -2.30. The van der Waals surface area contributed by atoms with Gasteiger partial charge in [-0.3, -0.25) is 14.4 Å². The zero-order valence-corrected chi connectivity index (χ0v) is 48.1. The van der Waals surface area contributed by atoms with E-state index in [0.717, 1.165) is 135 Å². The number of allylic oxidation sites excluding steroid dienone is 14. The van der Waals surface area contributed by atoms with Crippen LogP contribution in [0.1, 0.15) is 303 Å². The average Bonchev–Trinajstić information content (AvgIpc) is 3.39. The summed E-state index contributed by atoms with van der Waals surface area (Å²) in [6.07, 6.45) is 80.1. The van der Waals surface area contributed by atoms with Crippen LogP contribution in [0.2, 0.25) is 0 Å². The third-order valence-corrected chi connectivity index (χ3v) is 13.4. The Kier molecular flexibility index (Phi) is 58.3. The van der Waals surface area contributed by atoms with E-state index >= 15 is 0 Å². The summed E-state index contributed by atoms with van der Waals surface area (Å²) in [7, 11) is 0. The molecule has 0 N–H and O–H groups in total. The summed E-state index contributed by atoms with van der Waals surface area (Å²) in [5.41, 5.74) is 0. The van der Waals surface area contributed by atoms with E-state index in [0.29, 0.717) is 19.3 Å². The summed E-state index contributed by atoms with van der Waals surface area (Å²) in [5.74, 6) is -0.907. The number of hydrogen-bond donors (Lipinski definition) is 0. The Balaban J connectivity index is 4.39. The largest absolute Gasteiger partial charge is 0.462 e. The summed E-state index contributed by atoms with van der Waals surface area (Å²) in [5, 5.41) is 0. The molecule has 0 heterocycles. The molecular weight excluding hydrogens is 901 g/mol. The summed E-state index contributed by atoms with van der Waals surface area (Å²) in [6, 6.07) is 0. The van der Waals surface area contributed by atoms with Crippen molar-refractivity contribution in [3.63, 3.8) is 0 Å². The molecule has 1 atom stereocenters. The number of ether oxygens (including phenoxy) is 3. The van der Waals surface area contributed by atoms with Crippen LogP contribution in [0.5, 0.6) is 0 Å². The fraction of sp³-hybridized carbons (Fsp3) is 0.746. The number of esters is 3. The Labute approximate surface area is 452 Å². The van der Waals surface area contributed by atoms with Crippen molar-refractivity contribution in [2.75, 3.05) is 13.2 Å². The van der Waals surface area contributed by atoms with Gasteiger partial charge < -0.3 is 14.2 Å². The zero-order valence-electron chi connectivity index (χ0n) is 48.1. The normalized spacial score (nSPS) is 12.6. The van der Waals surface area contributed by atoms with Gasteiger partial charge in [-0.25, -0.2) is 0 Å². The van der Waals surface area contributed by atoms with Gasteiger partial charge in [0.15, 0.2) is 6.10 Å². The van der Waals surface area contributed by atoms with Gasteiger partial charge in [-0.1, -0.05) is 279 Å². The lowest BCUT2D eigenvalue weighted by molar-refractivity contribution is -0.167. The van der Waals surface area contributed by atoms with Crippen LogP contribution in [0.4, 0.5) is 0 Å². The third kappa shape index (κ3) is 59.3. The van der Waals surface area contributed by atoms with E-state index in [-0.39, 0.29) is 31.1 Å². The SMILES string of the molecule is CC/C=C\C/C=C\C/C=C\C/C=C\C/C=C\CCCCCCCC(=O)OCC(COC(=O)CCCCCCC/C=C\C/C=C\CCCC)OC(=O)CCCCCCCCCCCCCCCCCCCCCC. The van der Waals surface area contributed by atoms with Crippen molar-refractivity contribution < 1.29 is 28.6 Å². The maximum atomic E-state index is 12.9. The fourth-order valence-corrected chi connectivity index (χ4v) is 8.72. The molecule has 0 spiro atoms. The molecular formula is C67H116O6. The number of carbonyl (C=O) groups is 3. The predicted molar refractivity (Wildman–Crippen MR) is 316 cm³/mol. The van der Waals surface area contributed by atoms with Crippen LogP contribution in [0.15, 0.2) is 85.1 Å². The van der Waals surface area contributed by atoms with E-state index in [4.69, 9.17) is 14.2 Å². The van der Waals surface area contributed by atoms with Crippen molar-refractivity contribution in [3.8, 4) is 0 Å². The highest BCUT2D eigenvalue weighted by atomic mass is 16.6. The van der Waals surface area contributed by atoms with Gasteiger partial charge in [0, 0.05) is 19.3 Å². The number of unbranched alkanes of at least 4 members (excludes halogenated alkanes) is 31. The standard InChI is InChI=1S/C67H116O6/c1-4-7-10-13-16-19-22-25-28-30-32-34-36-37-39-42-45-48-51-54-57-60-66(69)72-63-64(62-71-65(68)59-56-53-50-47-44-41-27-24-21-18-15-12-9-6-3)73-67(70)61-58-55-52-49-46-43-40-38-35-33-31-29-26-23-20-17-14-11-8-5-2/h7,10,15-16,18-19,24-25,27-28,32,34,37,39,64H,4-6,8-9,11-14,17,20-23,26,29-31,33,35-36,38,40-63H2,1-3H3/b10-7-,18-15-,19-16-,27-24-,28-25-,34-32-,39-37-. The third-order valence-electron chi connectivity index (χ3n) is 13.4. The van der Waals surface area contributed by atoms with E-state index in [1.54, 1.807) is 0 Å².